The van der Waals surface area contributed by atoms with Gasteiger partial charge in [0.05, 0.1) is 5.75 Å². The maximum absolute atomic E-state index is 11.6. The van der Waals surface area contributed by atoms with E-state index in [1.807, 2.05) is 25.1 Å². The highest BCUT2D eigenvalue weighted by atomic mass is 32.2. The van der Waals surface area contributed by atoms with Gasteiger partial charge >= 0.3 is 0 Å². The molecule has 0 amide bonds. The van der Waals surface area contributed by atoms with Crippen LogP contribution in [0.25, 0.3) is 0 Å². The Balaban J connectivity index is 2.69. The van der Waals surface area contributed by atoms with Gasteiger partial charge in [0, 0.05) is 17.8 Å². The van der Waals surface area contributed by atoms with Crippen LogP contribution < -0.4 is 5.32 Å². The second-order valence-electron chi connectivity index (χ2n) is 5.02. The molecule has 0 radical (unpaired) electrons. The number of hydrogen-bond acceptors (Lipinski definition) is 3. The lowest BCUT2D eigenvalue weighted by atomic mass is 10.0. The Morgan fingerprint density at radius 3 is 2.32 bits per heavy atom. The first-order valence-electron chi connectivity index (χ1n) is 7.00. The van der Waals surface area contributed by atoms with Crippen LogP contribution in [-0.2, 0) is 9.84 Å². The molecule has 0 bridgehead atoms. The summed E-state index contributed by atoms with van der Waals surface area (Å²) in [6, 6.07) is 10.4. The highest BCUT2D eigenvalue weighted by Gasteiger charge is 2.18. The fourth-order valence-corrected chi connectivity index (χ4v) is 3.30. The molecule has 1 N–H and O–H groups in total. The minimum atomic E-state index is -2.92. The Hall–Kier alpha value is -0.870. The fraction of sp³-hybridized carbons (Fsp3) is 0.600. The molecular weight excluding hydrogens is 258 g/mol. The zero-order valence-corrected chi connectivity index (χ0v) is 12.9. The average molecular weight is 283 g/mol. The molecule has 1 aromatic rings. The van der Waals surface area contributed by atoms with E-state index in [4.69, 9.17) is 0 Å². The molecule has 19 heavy (non-hydrogen) atoms. The standard InChI is InChI=1S/C15H25NO2S/c1-4-9-15(14-10-7-6-8-11-14)16-13(3)12-19(17,18)5-2/h6-8,10-11,13,15-16H,4-5,9,12H2,1-3H3. The van der Waals surface area contributed by atoms with Crippen LogP contribution in [0.5, 0.6) is 0 Å². The predicted octanol–water partition coefficient (Wildman–Crippen LogP) is 2.94. The van der Waals surface area contributed by atoms with E-state index < -0.39 is 9.84 Å². The molecule has 1 aromatic carbocycles. The molecule has 0 fully saturated rings. The first kappa shape index (κ1) is 16.2. The van der Waals surface area contributed by atoms with Crippen molar-refractivity contribution >= 4 is 9.84 Å². The van der Waals surface area contributed by atoms with E-state index in [2.05, 4.69) is 24.4 Å². The Morgan fingerprint density at radius 1 is 1.16 bits per heavy atom. The molecule has 0 aromatic heterocycles. The van der Waals surface area contributed by atoms with Gasteiger partial charge in [-0.1, -0.05) is 50.6 Å². The van der Waals surface area contributed by atoms with Crippen molar-refractivity contribution in [1.29, 1.82) is 0 Å². The van der Waals surface area contributed by atoms with Gasteiger partial charge in [-0.05, 0) is 18.9 Å². The number of sulfone groups is 1. The molecule has 0 saturated heterocycles. The summed E-state index contributed by atoms with van der Waals surface area (Å²) in [5.74, 6) is 0.416. The van der Waals surface area contributed by atoms with Crippen LogP contribution in [0.3, 0.4) is 0 Å². The molecule has 4 heteroatoms. The Bertz CT molecular complexity index is 456. The minimum absolute atomic E-state index is 0.0262. The van der Waals surface area contributed by atoms with E-state index in [9.17, 15) is 8.42 Å². The third kappa shape index (κ3) is 5.74. The molecule has 108 valence electrons. The van der Waals surface area contributed by atoms with Crippen molar-refractivity contribution in [1.82, 2.24) is 5.32 Å². The van der Waals surface area contributed by atoms with Crippen molar-refractivity contribution in [3.8, 4) is 0 Å². The molecule has 1 rings (SSSR count). The number of nitrogens with one attached hydrogen (secondary N) is 1. The monoisotopic (exact) mass is 283 g/mol. The van der Waals surface area contributed by atoms with Gasteiger partial charge in [-0.3, -0.25) is 0 Å². The van der Waals surface area contributed by atoms with Crippen LogP contribution in [0.15, 0.2) is 30.3 Å². The zero-order valence-electron chi connectivity index (χ0n) is 12.1. The summed E-state index contributed by atoms with van der Waals surface area (Å²) < 4.78 is 23.3. The van der Waals surface area contributed by atoms with Gasteiger partial charge in [0.2, 0.25) is 0 Å². The predicted molar refractivity (Wildman–Crippen MR) is 81.0 cm³/mol. The molecule has 0 aliphatic carbocycles. The van der Waals surface area contributed by atoms with Gasteiger partial charge in [-0.15, -0.1) is 0 Å². The van der Waals surface area contributed by atoms with Crippen LogP contribution >= 0.6 is 0 Å². The van der Waals surface area contributed by atoms with Gasteiger partial charge < -0.3 is 5.32 Å². The van der Waals surface area contributed by atoms with Crippen LogP contribution in [-0.4, -0.2) is 26.0 Å². The quantitative estimate of drug-likeness (QED) is 0.798. The average Bonchev–Trinajstić information content (AvgIpc) is 2.38. The normalized spacial score (nSPS) is 15.1. The Labute approximate surface area is 117 Å². The fourth-order valence-electron chi connectivity index (χ4n) is 2.21. The summed E-state index contributed by atoms with van der Waals surface area (Å²) in [4.78, 5) is 0. The van der Waals surface area contributed by atoms with E-state index in [0.717, 1.165) is 12.8 Å². The van der Waals surface area contributed by atoms with E-state index in [0.29, 0.717) is 0 Å². The summed E-state index contributed by atoms with van der Waals surface area (Å²) >= 11 is 0. The van der Waals surface area contributed by atoms with Crippen LogP contribution in [0.4, 0.5) is 0 Å². The lowest BCUT2D eigenvalue weighted by Crippen LogP contribution is -2.36. The summed E-state index contributed by atoms with van der Waals surface area (Å²) in [5.41, 5.74) is 1.23. The van der Waals surface area contributed by atoms with Gasteiger partial charge in [-0.2, -0.15) is 0 Å². The van der Waals surface area contributed by atoms with Crippen molar-refractivity contribution in [2.24, 2.45) is 0 Å². The Morgan fingerprint density at radius 2 is 1.79 bits per heavy atom. The van der Waals surface area contributed by atoms with E-state index in [-0.39, 0.29) is 23.6 Å². The smallest absolute Gasteiger partial charge is 0.151 e. The zero-order chi connectivity index (χ0) is 14.3. The van der Waals surface area contributed by atoms with E-state index in [1.165, 1.54) is 5.56 Å². The summed E-state index contributed by atoms with van der Waals surface area (Å²) in [6.45, 7) is 5.78. The maximum atomic E-state index is 11.6. The number of rotatable bonds is 8. The molecule has 2 unspecified atom stereocenters. The number of benzene rings is 1. The van der Waals surface area contributed by atoms with Crippen molar-refractivity contribution < 1.29 is 8.42 Å². The largest absolute Gasteiger partial charge is 0.306 e. The molecule has 0 spiro atoms. The third-order valence-corrected chi connectivity index (χ3v) is 5.10. The maximum Gasteiger partial charge on any atom is 0.151 e. The Kier molecular flexibility index (Phi) is 6.52. The third-order valence-electron chi connectivity index (χ3n) is 3.21. The minimum Gasteiger partial charge on any atom is -0.306 e. The highest BCUT2D eigenvalue weighted by molar-refractivity contribution is 7.91. The topological polar surface area (TPSA) is 46.2 Å². The molecule has 0 saturated carbocycles. The highest BCUT2D eigenvalue weighted by Crippen LogP contribution is 2.19. The van der Waals surface area contributed by atoms with E-state index in [1.54, 1.807) is 6.92 Å². The molecule has 0 aliphatic heterocycles. The molecule has 3 nitrogen and oxygen atoms in total. The van der Waals surface area contributed by atoms with Gasteiger partial charge in [0.1, 0.15) is 0 Å². The van der Waals surface area contributed by atoms with E-state index >= 15 is 0 Å². The second-order valence-corrected chi connectivity index (χ2v) is 7.42. The van der Waals surface area contributed by atoms with Crippen LogP contribution in [0.1, 0.15) is 45.2 Å². The van der Waals surface area contributed by atoms with Crippen molar-refractivity contribution in [3.05, 3.63) is 35.9 Å². The summed E-state index contributed by atoms with van der Waals surface area (Å²) in [5, 5.41) is 3.45. The van der Waals surface area contributed by atoms with Gasteiger partial charge in [-0.25, -0.2) is 8.42 Å². The van der Waals surface area contributed by atoms with Gasteiger partial charge in [0.25, 0.3) is 0 Å². The molecule has 0 heterocycles. The lowest BCUT2D eigenvalue weighted by Gasteiger charge is -2.23. The van der Waals surface area contributed by atoms with Crippen molar-refractivity contribution in [3.63, 3.8) is 0 Å². The summed E-state index contributed by atoms with van der Waals surface area (Å²) in [7, 11) is -2.92. The van der Waals surface area contributed by atoms with Crippen molar-refractivity contribution in [2.45, 2.75) is 45.7 Å². The lowest BCUT2D eigenvalue weighted by molar-refractivity contribution is 0.447. The molecular formula is C15H25NO2S. The number of hydrogen-bond donors (Lipinski definition) is 1. The first-order valence-corrected chi connectivity index (χ1v) is 8.82. The molecule has 0 aliphatic rings. The van der Waals surface area contributed by atoms with Crippen LogP contribution in [0, 0.1) is 0 Å². The van der Waals surface area contributed by atoms with Gasteiger partial charge in [0.15, 0.2) is 9.84 Å². The van der Waals surface area contributed by atoms with Crippen LogP contribution in [0.2, 0.25) is 0 Å². The van der Waals surface area contributed by atoms with Crippen molar-refractivity contribution in [2.75, 3.05) is 11.5 Å². The molecule has 2 atom stereocenters. The first-order chi connectivity index (χ1) is 8.98. The SMILES string of the molecule is CCCC(NC(C)CS(=O)(=O)CC)c1ccccc1. The second kappa shape index (κ2) is 7.65. The summed E-state index contributed by atoms with van der Waals surface area (Å²) in [6.07, 6.45) is 2.08.